The van der Waals surface area contributed by atoms with Gasteiger partial charge in [0.15, 0.2) is 0 Å². The summed E-state index contributed by atoms with van der Waals surface area (Å²) in [7, 11) is 2.00. The van der Waals surface area contributed by atoms with Gasteiger partial charge in [0.2, 0.25) is 0 Å². The quantitative estimate of drug-likeness (QED) is 0.918. The van der Waals surface area contributed by atoms with Gasteiger partial charge in [-0.1, -0.05) is 6.07 Å². The zero-order chi connectivity index (χ0) is 14.1. The molecule has 0 radical (unpaired) electrons. The van der Waals surface area contributed by atoms with Crippen molar-refractivity contribution in [2.45, 2.75) is 63.8 Å². The molecule has 1 saturated heterocycles. The van der Waals surface area contributed by atoms with E-state index in [1.807, 2.05) is 17.7 Å². The van der Waals surface area contributed by atoms with Crippen LogP contribution >= 0.6 is 0 Å². The summed E-state index contributed by atoms with van der Waals surface area (Å²) in [6.07, 6.45) is 6.00. The van der Waals surface area contributed by atoms with Gasteiger partial charge in [-0.05, 0) is 51.6 Å². The number of nitrogens with zero attached hydrogens (tertiary/aromatic N) is 1. The fourth-order valence-corrected chi connectivity index (χ4v) is 3.58. The van der Waals surface area contributed by atoms with E-state index in [1.165, 1.54) is 11.3 Å². The van der Waals surface area contributed by atoms with E-state index in [1.54, 1.807) is 6.07 Å². The zero-order valence-corrected chi connectivity index (χ0v) is 12.4. The molecule has 0 amide bonds. The van der Waals surface area contributed by atoms with Crippen LogP contribution < -0.4 is 10.9 Å². The van der Waals surface area contributed by atoms with Crippen molar-refractivity contribution in [1.29, 1.82) is 0 Å². The van der Waals surface area contributed by atoms with Crippen molar-refractivity contribution in [2.24, 2.45) is 0 Å². The topological polar surface area (TPSA) is 43.3 Å². The maximum absolute atomic E-state index is 12.2. The number of rotatable bonds is 3. The van der Waals surface area contributed by atoms with Crippen molar-refractivity contribution in [2.75, 3.05) is 7.05 Å². The van der Waals surface area contributed by atoms with Gasteiger partial charge in [-0.3, -0.25) is 4.79 Å². The number of nitrogens with one attached hydrogen (secondary N) is 1. The molecule has 3 unspecified atom stereocenters. The third-order valence-electron chi connectivity index (χ3n) is 4.67. The molecule has 2 heterocycles. The lowest BCUT2D eigenvalue weighted by molar-refractivity contribution is 0.0445. The van der Waals surface area contributed by atoms with Gasteiger partial charge in [0.05, 0.1) is 18.8 Å². The fraction of sp³-hybridized carbons (Fsp3) is 0.688. The van der Waals surface area contributed by atoms with Gasteiger partial charge in [0.25, 0.3) is 5.56 Å². The minimum Gasteiger partial charge on any atom is -0.373 e. The van der Waals surface area contributed by atoms with E-state index in [2.05, 4.69) is 12.2 Å². The SMILES string of the molecule is CNC1CCCc2c1ccc(=O)n2CC1CCC(C)O1. The summed E-state index contributed by atoms with van der Waals surface area (Å²) in [5.74, 6) is 0. The van der Waals surface area contributed by atoms with Crippen LogP contribution in [0.2, 0.25) is 0 Å². The van der Waals surface area contributed by atoms with E-state index in [-0.39, 0.29) is 11.7 Å². The van der Waals surface area contributed by atoms with Crippen molar-refractivity contribution >= 4 is 0 Å². The smallest absolute Gasteiger partial charge is 0.250 e. The van der Waals surface area contributed by atoms with Crippen LogP contribution in [-0.2, 0) is 17.7 Å². The van der Waals surface area contributed by atoms with Crippen LogP contribution in [0.5, 0.6) is 0 Å². The Hall–Kier alpha value is -1.13. The lowest BCUT2D eigenvalue weighted by Gasteiger charge is -2.28. The van der Waals surface area contributed by atoms with Gasteiger partial charge >= 0.3 is 0 Å². The van der Waals surface area contributed by atoms with Crippen LogP contribution in [0.4, 0.5) is 0 Å². The van der Waals surface area contributed by atoms with Crippen LogP contribution in [0.1, 0.15) is 49.9 Å². The Bertz CT molecular complexity index is 538. The second-order valence-electron chi connectivity index (χ2n) is 6.06. The molecule has 1 aliphatic carbocycles. The third kappa shape index (κ3) is 2.54. The maximum atomic E-state index is 12.2. The Morgan fingerprint density at radius 1 is 1.35 bits per heavy atom. The number of fused-ring (bicyclic) bond motifs is 1. The first-order valence-corrected chi connectivity index (χ1v) is 7.74. The second-order valence-corrected chi connectivity index (χ2v) is 6.06. The molecule has 0 spiro atoms. The van der Waals surface area contributed by atoms with Crippen LogP contribution in [0, 0.1) is 0 Å². The summed E-state index contributed by atoms with van der Waals surface area (Å²) in [6, 6.07) is 4.11. The molecule has 20 heavy (non-hydrogen) atoms. The van der Waals surface area contributed by atoms with Crippen LogP contribution in [-0.4, -0.2) is 23.8 Å². The number of ether oxygens (including phenoxy) is 1. The van der Waals surface area contributed by atoms with E-state index < -0.39 is 0 Å². The molecule has 1 aromatic heterocycles. The normalized spacial score (nSPS) is 29.4. The number of aromatic nitrogens is 1. The second kappa shape index (κ2) is 5.70. The van der Waals surface area contributed by atoms with Gasteiger partial charge in [-0.2, -0.15) is 0 Å². The number of hydrogen-bond acceptors (Lipinski definition) is 3. The molecular weight excluding hydrogens is 252 g/mol. The van der Waals surface area contributed by atoms with Gasteiger partial charge in [0.1, 0.15) is 0 Å². The highest BCUT2D eigenvalue weighted by atomic mass is 16.5. The Kier molecular flexibility index (Phi) is 3.94. The van der Waals surface area contributed by atoms with Gasteiger partial charge in [-0.25, -0.2) is 0 Å². The van der Waals surface area contributed by atoms with Crippen LogP contribution in [0.3, 0.4) is 0 Å². The predicted molar refractivity (Wildman–Crippen MR) is 79.0 cm³/mol. The molecule has 0 bridgehead atoms. The van der Waals surface area contributed by atoms with Crippen molar-refractivity contribution < 1.29 is 4.74 Å². The molecule has 1 fully saturated rings. The molecule has 2 aliphatic rings. The minimum atomic E-state index is 0.114. The molecule has 4 heteroatoms. The standard InChI is InChI=1S/C16H24N2O2/c1-11-6-7-12(20-11)10-18-15-5-3-4-14(17-2)13(15)8-9-16(18)19/h8-9,11-12,14,17H,3-7,10H2,1-2H3. The molecule has 1 aliphatic heterocycles. The maximum Gasteiger partial charge on any atom is 0.250 e. The lowest BCUT2D eigenvalue weighted by atomic mass is 9.91. The Labute approximate surface area is 120 Å². The highest BCUT2D eigenvalue weighted by Gasteiger charge is 2.26. The minimum absolute atomic E-state index is 0.114. The summed E-state index contributed by atoms with van der Waals surface area (Å²) in [6.45, 7) is 2.82. The molecule has 3 atom stereocenters. The van der Waals surface area contributed by atoms with Crippen molar-refractivity contribution in [1.82, 2.24) is 9.88 Å². The average molecular weight is 276 g/mol. The monoisotopic (exact) mass is 276 g/mol. The Morgan fingerprint density at radius 3 is 2.90 bits per heavy atom. The highest BCUT2D eigenvalue weighted by Crippen LogP contribution is 2.29. The first-order valence-electron chi connectivity index (χ1n) is 7.74. The summed E-state index contributed by atoms with van der Waals surface area (Å²) in [5.41, 5.74) is 2.62. The van der Waals surface area contributed by atoms with Gasteiger partial charge in [0, 0.05) is 17.8 Å². The molecule has 1 aromatic rings. The highest BCUT2D eigenvalue weighted by molar-refractivity contribution is 5.27. The Balaban J connectivity index is 1.91. The molecule has 3 rings (SSSR count). The summed E-state index contributed by atoms with van der Waals surface area (Å²) < 4.78 is 7.85. The van der Waals surface area contributed by atoms with E-state index >= 15 is 0 Å². The fourth-order valence-electron chi connectivity index (χ4n) is 3.58. The molecule has 1 N–H and O–H groups in total. The third-order valence-corrected chi connectivity index (χ3v) is 4.67. The molecule has 110 valence electrons. The summed E-state index contributed by atoms with van der Waals surface area (Å²) in [4.78, 5) is 12.2. The number of pyridine rings is 1. The van der Waals surface area contributed by atoms with Gasteiger partial charge < -0.3 is 14.6 Å². The molecule has 0 saturated carbocycles. The average Bonchev–Trinajstić information content (AvgIpc) is 2.86. The molecular formula is C16H24N2O2. The van der Waals surface area contributed by atoms with E-state index in [9.17, 15) is 4.79 Å². The van der Waals surface area contributed by atoms with E-state index in [0.717, 1.165) is 32.1 Å². The van der Waals surface area contributed by atoms with Crippen molar-refractivity contribution in [3.8, 4) is 0 Å². The van der Waals surface area contributed by atoms with Crippen LogP contribution in [0.15, 0.2) is 16.9 Å². The van der Waals surface area contributed by atoms with Crippen LogP contribution in [0.25, 0.3) is 0 Å². The first kappa shape index (κ1) is 13.8. The largest absolute Gasteiger partial charge is 0.373 e. The molecule has 0 aromatic carbocycles. The summed E-state index contributed by atoms with van der Waals surface area (Å²) in [5, 5.41) is 3.36. The lowest BCUT2D eigenvalue weighted by Crippen LogP contribution is -2.33. The predicted octanol–water partition coefficient (Wildman–Crippen LogP) is 2.01. The van der Waals surface area contributed by atoms with Crippen molar-refractivity contribution in [3.63, 3.8) is 0 Å². The van der Waals surface area contributed by atoms with E-state index in [0.29, 0.717) is 18.7 Å². The van der Waals surface area contributed by atoms with Gasteiger partial charge in [-0.15, -0.1) is 0 Å². The first-order chi connectivity index (χ1) is 9.69. The Morgan fingerprint density at radius 2 is 2.20 bits per heavy atom. The molecule has 4 nitrogen and oxygen atoms in total. The zero-order valence-electron chi connectivity index (χ0n) is 12.4. The summed E-state index contributed by atoms with van der Waals surface area (Å²) >= 11 is 0. The van der Waals surface area contributed by atoms with Crippen molar-refractivity contribution in [3.05, 3.63) is 33.7 Å². The van der Waals surface area contributed by atoms with E-state index in [4.69, 9.17) is 4.74 Å². The number of hydrogen-bond donors (Lipinski definition) is 1.